The van der Waals surface area contributed by atoms with Crippen molar-refractivity contribution in [2.24, 2.45) is 5.92 Å². The highest BCUT2D eigenvalue weighted by Crippen LogP contribution is 2.53. The number of rotatable bonds is 2. The lowest BCUT2D eigenvalue weighted by atomic mass is 9.60. The minimum atomic E-state index is -0.603. The fourth-order valence-corrected chi connectivity index (χ4v) is 6.22. The average molecular weight is 462 g/mol. The van der Waals surface area contributed by atoms with Crippen LogP contribution in [0.5, 0.6) is 0 Å². The molecule has 26 heavy (non-hydrogen) atoms. The van der Waals surface area contributed by atoms with E-state index in [2.05, 4.69) is 63.7 Å². The van der Waals surface area contributed by atoms with E-state index in [-0.39, 0.29) is 12.0 Å². The molecule has 4 atom stereocenters. The average Bonchev–Trinajstić information content (AvgIpc) is 2.98. The Bertz CT molecular complexity index is 947. The van der Waals surface area contributed by atoms with E-state index < -0.39 is 5.41 Å². The molecule has 4 bridgehead atoms. The number of hydrogen-bond donors (Lipinski definition) is 1. The van der Waals surface area contributed by atoms with Gasteiger partial charge in [-0.3, -0.25) is 9.69 Å². The summed E-state index contributed by atoms with van der Waals surface area (Å²) in [5.41, 5.74) is 4.36. The number of piperidine rings is 1. The van der Waals surface area contributed by atoms with Crippen molar-refractivity contribution in [3.63, 3.8) is 0 Å². The smallest absolute Gasteiger partial charge is 0.319 e. The molecule has 1 fully saturated rings. The van der Waals surface area contributed by atoms with Crippen LogP contribution in [0.4, 0.5) is 0 Å². The van der Waals surface area contributed by atoms with Crippen molar-refractivity contribution in [2.75, 3.05) is 20.2 Å². The van der Waals surface area contributed by atoms with Crippen molar-refractivity contribution < 1.29 is 9.53 Å². The standard InChI is InChI=1S/C21H23IN2O2/c1-3-13-8-12-10-21(20(25)26-2)18-15(6-7-24(11-12)19(13)21)16-9-14(22)4-5-17(16)23-18/h4-5,8-9,12,19,23H,3,6-7,10-11H2,1-2H3. The van der Waals surface area contributed by atoms with Crippen LogP contribution in [-0.4, -0.2) is 42.1 Å². The Morgan fingerprint density at radius 3 is 3.08 bits per heavy atom. The minimum absolute atomic E-state index is 0.0827. The van der Waals surface area contributed by atoms with E-state index in [1.165, 1.54) is 27.2 Å². The van der Waals surface area contributed by atoms with Gasteiger partial charge in [0.15, 0.2) is 0 Å². The van der Waals surface area contributed by atoms with Crippen LogP contribution < -0.4 is 0 Å². The maximum absolute atomic E-state index is 13.3. The van der Waals surface area contributed by atoms with Crippen molar-refractivity contribution in [2.45, 2.75) is 37.6 Å². The van der Waals surface area contributed by atoms with Gasteiger partial charge >= 0.3 is 5.97 Å². The van der Waals surface area contributed by atoms with Crippen LogP contribution in [0.2, 0.25) is 0 Å². The van der Waals surface area contributed by atoms with Gasteiger partial charge in [0.05, 0.1) is 13.2 Å². The number of hydrogen-bond acceptors (Lipinski definition) is 3. The number of ether oxygens (including phenoxy) is 1. The second-order valence-electron chi connectivity index (χ2n) is 7.84. The molecule has 1 aliphatic carbocycles. The molecular formula is C21H23IN2O2. The first-order valence-electron chi connectivity index (χ1n) is 9.42. The van der Waals surface area contributed by atoms with Crippen LogP contribution >= 0.6 is 22.6 Å². The number of aromatic amines is 1. The quantitative estimate of drug-likeness (QED) is 0.420. The zero-order valence-electron chi connectivity index (χ0n) is 15.1. The van der Waals surface area contributed by atoms with Gasteiger partial charge < -0.3 is 9.72 Å². The second kappa shape index (κ2) is 5.83. The summed E-state index contributed by atoms with van der Waals surface area (Å²) in [4.78, 5) is 19.5. The first-order valence-corrected chi connectivity index (χ1v) is 10.5. The van der Waals surface area contributed by atoms with Gasteiger partial charge in [-0.2, -0.15) is 0 Å². The van der Waals surface area contributed by atoms with Gasteiger partial charge in [0.2, 0.25) is 0 Å². The van der Waals surface area contributed by atoms with Gasteiger partial charge in [-0.1, -0.05) is 18.6 Å². The molecule has 4 aliphatic rings. The summed E-state index contributed by atoms with van der Waals surface area (Å²) in [7, 11) is 1.54. The van der Waals surface area contributed by atoms with Crippen LogP contribution in [0, 0.1) is 9.49 Å². The second-order valence-corrected chi connectivity index (χ2v) is 9.08. The Morgan fingerprint density at radius 2 is 2.31 bits per heavy atom. The maximum Gasteiger partial charge on any atom is 0.319 e. The molecule has 0 amide bonds. The molecule has 1 aromatic carbocycles. The summed E-state index contributed by atoms with van der Waals surface area (Å²) in [6, 6.07) is 6.64. The summed E-state index contributed by atoms with van der Waals surface area (Å²) in [5, 5.41) is 1.27. The predicted molar refractivity (Wildman–Crippen MR) is 110 cm³/mol. The number of halogens is 1. The molecule has 4 heterocycles. The Hall–Kier alpha value is -1.34. The normalized spacial score (nSPS) is 32.1. The van der Waals surface area contributed by atoms with Gasteiger partial charge in [0.1, 0.15) is 5.41 Å². The lowest BCUT2D eigenvalue weighted by molar-refractivity contribution is -0.153. The van der Waals surface area contributed by atoms with E-state index in [1.807, 2.05) is 0 Å². The van der Waals surface area contributed by atoms with E-state index in [0.29, 0.717) is 5.92 Å². The summed E-state index contributed by atoms with van der Waals surface area (Å²) in [6.07, 6.45) is 5.25. The number of H-pyrrole nitrogens is 1. The molecule has 2 aromatic rings. The molecular weight excluding hydrogens is 439 g/mol. The highest BCUT2D eigenvalue weighted by Gasteiger charge is 2.60. The van der Waals surface area contributed by atoms with Crippen LogP contribution in [0.3, 0.4) is 0 Å². The lowest BCUT2D eigenvalue weighted by Crippen LogP contribution is -2.63. The zero-order valence-corrected chi connectivity index (χ0v) is 17.3. The summed E-state index contributed by atoms with van der Waals surface area (Å²) < 4.78 is 6.66. The number of carbonyl (C=O) groups is 1. The Kier molecular flexibility index (Phi) is 3.77. The summed E-state index contributed by atoms with van der Waals surface area (Å²) >= 11 is 2.37. The molecule has 0 radical (unpaired) electrons. The number of carbonyl (C=O) groups excluding carboxylic acids is 1. The highest BCUT2D eigenvalue weighted by molar-refractivity contribution is 14.1. The first kappa shape index (κ1) is 16.8. The van der Waals surface area contributed by atoms with Crippen LogP contribution in [0.25, 0.3) is 10.9 Å². The first-order chi connectivity index (χ1) is 12.6. The molecule has 1 N–H and O–H groups in total. The molecule has 6 rings (SSSR count). The number of benzene rings is 1. The number of fused-ring (bicyclic) bond motifs is 3. The maximum atomic E-state index is 13.3. The largest absolute Gasteiger partial charge is 0.468 e. The predicted octanol–water partition coefficient (Wildman–Crippen LogP) is 3.78. The molecule has 3 aliphatic heterocycles. The van der Waals surface area contributed by atoms with E-state index in [9.17, 15) is 4.79 Å². The van der Waals surface area contributed by atoms with Gasteiger partial charge in [0, 0.05) is 33.3 Å². The molecule has 5 heteroatoms. The number of methoxy groups -OCH3 is 1. The van der Waals surface area contributed by atoms with Crippen molar-refractivity contribution >= 4 is 39.5 Å². The SMILES string of the molecule is CCC1=CC2CN3CCc4c([nH]c5ccc(I)cc45)C(C(=O)OC)(C2)C13. The van der Waals surface area contributed by atoms with Gasteiger partial charge in [-0.25, -0.2) is 0 Å². The molecule has 4 unspecified atom stereocenters. The lowest BCUT2D eigenvalue weighted by Gasteiger charge is -2.53. The molecule has 136 valence electrons. The third-order valence-electron chi connectivity index (χ3n) is 6.61. The van der Waals surface area contributed by atoms with Gasteiger partial charge in [-0.05, 0) is 71.5 Å². The van der Waals surface area contributed by atoms with E-state index >= 15 is 0 Å². The minimum Gasteiger partial charge on any atom is -0.468 e. The third kappa shape index (κ3) is 2.07. The number of nitrogens with one attached hydrogen (secondary N) is 1. The molecule has 0 saturated carbocycles. The Morgan fingerprint density at radius 1 is 1.46 bits per heavy atom. The fourth-order valence-electron chi connectivity index (χ4n) is 5.73. The topological polar surface area (TPSA) is 45.3 Å². The number of aromatic nitrogens is 1. The molecule has 4 nitrogen and oxygen atoms in total. The summed E-state index contributed by atoms with van der Waals surface area (Å²) in [5.74, 6) is 0.340. The molecule has 1 saturated heterocycles. The molecule has 0 spiro atoms. The van der Waals surface area contributed by atoms with Gasteiger partial charge in [0.25, 0.3) is 0 Å². The third-order valence-corrected chi connectivity index (χ3v) is 7.28. The Balaban J connectivity index is 1.83. The van der Waals surface area contributed by atoms with Crippen LogP contribution in [0.15, 0.2) is 29.8 Å². The monoisotopic (exact) mass is 462 g/mol. The van der Waals surface area contributed by atoms with Crippen molar-refractivity contribution in [3.8, 4) is 0 Å². The van der Waals surface area contributed by atoms with Crippen molar-refractivity contribution in [1.29, 1.82) is 0 Å². The van der Waals surface area contributed by atoms with E-state index in [4.69, 9.17) is 4.74 Å². The van der Waals surface area contributed by atoms with Crippen LogP contribution in [0.1, 0.15) is 31.0 Å². The van der Waals surface area contributed by atoms with E-state index in [1.54, 1.807) is 0 Å². The Labute approximate surface area is 167 Å². The fraction of sp³-hybridized carbons (Fsp3) is 0.476. The van der Waals surface area contributed by atoms with Crippen molar-refractivity contribution in [3.05, 3.63) is 44.7 Å². The number of esters is 1. The van der Waals surface area contributed by atoms with Crippen LogP contribution in [-0.2, 0) is 21.4 Å². The zero-order chi connectivity index (χ0) is 18.1. The highest BCUT2D eigenvalue weighted by atomic mass is 127. The molecule has 1 aromatic heterocycles. The van der Waals surface area contributed by atoms with Crippen molar-refractivity contribution in [1.82, 2.24) is 9.88 Å². The van der Waals surface area contributed by atoms with Gasteiger partial charge in [-0.15, -0.1) is 0 Å². The summed E-state index contributed by atoms with van der Waals surface area (Å²) in [6.45, 7) is 4.27. The number of nitrogens with zero attached hydrogens (tertiary/aromatic N) is 1. The van der Waals surface area contributed by atoms with E-state index in [0.717, 1.165) is 43.6 Å².